The molecule has 3 heteroatoms. The lowest BCUT2D eigenvalue weighted by atomic mass is 9.80. The van der Waals surface area contributed by atoms with Crippen LogP contribution in [0.4, 0.5) is 0 Å². The fraction of sp³-hybridized carbons (Fsp3) is 0.750. The molecular formula is C12H21N3. The summed E-state index contributed by atoms with van der Waals surface area (Å²) in [5.74, 6) is 0.809. The fourth-order valence-corrected chi connectivity index (χ4v) is 2.28. The van der Waals surface area contributed by atoms with Gasteiger partial charge in [0.05, 0.1) is 6.20 Å². The van der Waals surface area contributed by atoms with Gasteiger partial charge in [-0.25, -0.2) is 0 Å². The quantitative estimate of drug-likeness (QED) is 0.747. The molecule has 0 saturated heterocycles. The van der Waals surface area contributed by atoms with E-state index in [0.29, 0.717) is 0 Å². The highest BCUT2D eigenvalue weighted by Crippen LogP contribution is 2.37. The zero-order chi connectivity index (χ0) is 10.7. The molecule has 0 spiro atoms. The SMILES string of the molecule is CNCCCc1c(C2CCC2)cnn1C. The second-order valence-corrected chi connectivity index (χ2v) is 4.51. The van der Waals surface area contributed by atoms with Crippen molar-refractivity contribution in [3.05, 3.63) is 17.5 Å². The molecule has 2 rings (SSSR count). The smallest absolute Gasteiger partial charge is 0.0527 e. The lowest BCUT2D eigenvalue weighted by Crippen LogP contribution is -2.14. The predicted octanol–water partition coefficient (Wildman–Crippen LogP) is 1.84. The minimum Gasteiger partial charge on any atom is -0.320 e. The normalized spacial score (nSPS) is 16.7. The van der Waals surface area contributed by atoms with E-state index in [9.17, 15) is 0 Å². The molecule has 1 aliphatic carbocycles. The third-order valence-corrected chi connectivity index (χ3v) is 3.48. The minimum absolute atomic E-state index is 0.809. The van der Waals surface area contributed by atoms with Crippen LogP contribution in [0, 0.1) is 0 Å². The number of nitrogens with zero attached hydrogens (tertiary/aromatic N) is 2. The van der Waals surface area contributed by atoms with Crippen molar-refractivity contribution in [2.75, 3.05) is 13.6 Å². The second-order valence-electron chi connectivity index (χ2n) is 4.51. The molecule has 0 aliphatic heterocycles. The van der Waals surface area contributed by atoms with E-state index in [4.69, 9.17) is 0 Å². The summed E-state index contributed by atoms with van der Waals surface area (Å²) in [7, 11) is 4.08. The molecule has 1 aliphatic rings. The molecule has 0 radical (unpaired) electrons. The number of hydrogen-bond acceptors (Lipinski definition) is 2. The summed E-state index contributed by atoms with van der Waals surface area (Å²) in [6.45, 7) is 1.09. The number of rotatable bonds is 5. The summed E-state index contributed by atoms with van der Waals surface area (Å²) in [6.07, 6.45) is 8.57. The van der Waals surface area contributed by atoms with E-state index in [2.05, 4.69) is 28.3 Å². The molecule has 15 heavy (non-hydrogen) atoms. The first kappa shape index (κ1) is 10.7. The highest BCUT2D eigenvalue weighted by molar-refractivity contribution is 5.24. The van der Waals surface area contributed by atoms with Gasteiger partial charge in [-0.3, -0.25) is 4.68 Å². The van der Waals surface area contributed by atoms with Crippen LogP contribution < -0.4 is 5.32 Å². The maximum absolute atomic E-state index is 4.39. The fourth-order valence-electron chi connectivity index (χ4n) is 2.28. The first-order chi connectivity index (χ1) is 7.33. The van der Waals surface area contributed by atoms with E-state index in [1.807, 2.05) is 7.05 Å². The molecule has 0 bridgehead atoms. The van der Waals surface area contributed by atoms with E-state index < -0.39 is 0 Å². The van der Waals surface area contributed by atoms with Gasteiger partial charge in [0.1, 0.15) is 0 Å². The number of hydrogen-bond donors (Lipinski definition) is 1. The Morgan fingerprint density at radius 3 is 2.93 bits per heavy atom. The molecule has 0 atom stereocenters. The van der Waals surface area contributed by atoms with Crippen LogP contribution in [0.15, 0.2) is 6.20 Å². The first-order valence-electron chi connectivity index (χ1n) is 5.98. The second kappa shape index (κ2) is 4.79. The lowest BCUT2D eigenvalue weighted by Gasteiger charge is -2.25. The maximum Gasteiger partial charge on any atom is 0.0527 e. The van der Waals surface area contributed by atoms with Gasteiger partial charge in [0, 0.05) is 12.7 Å². The molecule has 0 aromatic carbocycles. The summed E-state index contributed by atoms with van der Waals surface area (Å²) in [4.78, 5) is 0. The van der Waals surface area contributed by atoms with Crippen LogP contribution in [0.2, 0.25) is 0 Å². The molecule has 1 N–H and O–H groups in total. The van der Waals surface area contributed by atoms with Crippen LogP contribution in [0.25, 0.3) is 0 Å². The third kappa shape index (κ3) is 2.23. The molecule has 1 fully saturated rings. The van der Waals surface area contributed by atoms with E-state index >= 15 is 0 Å². The van der Waals surface area contributed by atoms with E-state index in [1.165, 1.54) is 36.9 Å². The van der Waals surface area contributed by atoms with Crippen molar-refractivity contribution in [1.29, 1.82) is 0 Å². The van der Waals surface area contributed by atoms with Crippen molar-refractivity contribution >= 4 is 0 Å². The van der Waals surface area contributed by atoms with Gasteiger partial charge < -0.3 is 5.32 Å². The van der Waals surface area contributed by atoms with Gasteiger partial charge in [0.25, 0.3) is 0 Å². The lowest BCUT2D eigenvalue weighted by molar-refractivity contribution is 0.416. The molecule has 1 aromatic heterocycles. The maximum atomic E-state index is 4.39. The zero-order valence-corrected chi connectivity index (χ0v) is 9.79. The largest absolute Gasteiger partial charge is 0.320 e. The van der Waals surface area contributed by atoms with E-state index in [0.717, 1.165) is 18.9 Å². The molecule has 1 aromatic rings. The van der Waals surface area contributed by atoms with Crippen LogP contribution in [-0.2, 0) is 13.5 Å². The van der Waals surface area contributed by atoms with Gasteiger partial charge in [0.15, 0.2) is 0 Å². The molecule has 1 heterocycles. The van der Waals surface area contributed by atoms with E-state index in [1.54, 1.807) is 0 Å². The standard InChI is InChI=1S/C12H21N3/c1-13-8-4-7-12-11(9-14-15(12)2)10-5-3-6-10/h9-10,13H,3-8H2,1-2H3. The summed E-state index contributed by atoms with van der Waals surface area (Å²) in [5, 5.41) is 7.59. The summed E-state index contributed by atoms with van der Waals surface area (Å²) in [5.41, 5.74) is 2.97. The van der Waals surface area contributed by atoms with Gasteiger partial charge in [-0.1, -0.05) is 6.42 Å². The average molecular weight is 207 g/mol. The topological polar surface area (TPSA) is 29.9 Å². The average Bonchev–Trinajstić information content (AvgIpc) is 2.47. The zero-order valence-electron chi connectivity index (χ0n) is 9.79. The highest BCUT2D eigenvalue weighted by atomic mass is 15.3. The molecule has 0 amide bonds. The molecule has 0 unspecified atom stereocenters. The Kier molecular flexibility index (Phi) is 3.41. The minimum atomic E-state index is 0.809. The Labute approximate surface area is 91.9 Å². The summed E-state index contributed by atoms with van der Waals surface area (Å²) >= 11 is 0. The van der Waals surface area contributed by atoms with Crippen molar-refractivity contribution < 1.29 is 0 Å². The number of nitrogens with one attached hydrogen (secondary N) is 1. The Hall–Kier alpha value is -0.830. The van der Waals surface area contributed by atoms with Gasteiger partial charge in [-0.05, 0) is 50.8 Å². The van der Waals surface area contributed by atoms with Gasteiger partial charge in [0.2, 0.25) is 0 Å². The number of aryl methyl sites for hydroxylation is 1. The first-order valence-corrected chi connectivity index (χ1v) is 5.98. The third-order valence-electron chi connectivity index (χ3n) is 3.48. The summed E-state index contributed by atoms with van der Waals surface area (Å²) < 4.78 is 2.06. The van der Waals surface area contributed by atoms with Crippen molar-refractivity contribution in [1.82, 2.24) is 15.1 Å². The van der Waals surface area contributed by atoms with Crippen molar-refractivity contribution in [3.8, 4) is 0 Å². The van der Waals surface area contributed by atoms with Gasteiger partial charge in [-0.2, -0.15) is 5.10 Å². The van der Waals surface area contributed by atoms with Crippen molar-refractivity contribution in [2.45, 2.75) is 38.0 Å². The number of aromatic nitrogens is 2. The van der Waals surface area contributed by atoms with Gasteiger partial charge >= 0.3 is 0 Å². The van der Waals surface area contributed by atoms with Crippen LogP contribution >= 0.6 is 0 Å². The van der Waals surface area contributed by atoms with Crippen molar-refractivity contribution in [2.24, 2.45) is 7.05 Å². The van der Waals surface area contributed by atoms with E-state index in [-0.39, 0.29) is 0 Å². The molecule has 3 nitrogen and oxygen atoms in total. The Morgan fingerprint density at radius 1 is 1.53 bits per heavy atom. The van der Waals surface area contributed by atoms with Crippen LogP contribution in [-0.4, -0.2) is 23.4 Å². The monoisotopic (exact) mass is 207 g/mol. The molecule has 84 valence electrons. The highest BCUT2D eigenvalue weighted by Gasteiger charge is 2.24. The summed E-state index contributed by atoms with van der Waals surface area (Å²) in [6, 6.07) is 0. The Bertz CT molecular complexity index is 313. The molecule has 1 saturated carbocycles. The predicted molar refractivity (Wildman–Crippen MR) is 62.0 cm³/mol. The van der Waals surface area contributed by atoms with Crippen LogP contribution in [0.1, 0.15) is 42.9 Å². The van der Waals surface area contributed by atoms with Crippen molar-refractivity contribution in [3.63, 3.8) is 0 Å². The Balaban J connectivity index is 2.02. The van der Waals surface area contributed by atoms with Crippen LogP contribution in [0.3, 0.4) is 0 Å². The Morgan fingerprint density at radius 2 is 2.33 bits per heavy atom. The molecular weight excluding hydrogens is 186 g/mol. The van der Waals surface area contributed by atoms with Crippen LogP contribution in [0.5, 0.6) is 0 Å². The van der Waals surface area contributed by atoms with Gasteiger partial charge in [-0.15, -0.1) is 0 Å².